The van der Waals surface area contributed by atoms with Crippen LogP contribution in [0.3, 0.4) is 0 Å². The summed E-state index contributed by atoms with van der Waals surface area (Å²) in [6.45, 7) is 1.23. The molecule has 3 rings (SSSR count). The number of ether oxygens (including phenoxy) is 1. The Labute approximate surface area is 129 Å². The summed E-state index contributed by atoms with van der Waals surface area (Å²) in [5.41, 5.74) is 2.07. The smallest absolute Gasteiger partial charge is 0.118 e. The van der Waals surface area contributed by atoms with Crippen molar-refractivity contribution in [2.75, 3.05) is 13.7 Å². The molecule has 0 atom stereocenters. The van der Waals surface area contributed by atoms with Crippen molar-refractivity contribution in [3.8, 4) is 5.75 Å². The van der Waals surface area contributed by atoms with Crippen molar-refractivity contribution in [3.63, 3.8) is 0 Å². The summed E-state index contributed by atoms with van der Waals surface area (Å²) < 4.78 is 5.24. The maximum absolute atomic E-state index is 5.24. The fraction of sp³-hybridized carbons (Fsp3) is 0.684. The van der Waals surface area contributed by atoms with Crippen molar-refractivity contribution < 1.29 is 4.74 Å². The van der Waals surface area contributed by atoms with E-state index in [9.17, 15) is 0 Å². The largest absolute Gasteiger partial charge is 0.497 e. The lowest BCUT2D eigenvalue weighted by Gasteiger charge is -2.29. The molecule has 1 N–H and O–H groups in total. The number of hydrogen-bond donors (Lipinski definition) is 1. The van der Waals surface area contributed by atoms with Gasteiger partial charge in [0, 0.05) is 6.04 Å². The second-order valence-electron chi connectivity index (χ2n) is 7.03. The van der Waals surface area contributed by atoms with Gasteiger partial charge in [0.05, 0.1) is 7.11 Å². The first-order valence-electron chi connectivity index (χ1n) is 8.66. The van der Waals surface area contributed by atoms with Crippen LogP contribution in [-0.4, -0.2) is 19.7 Å². The van der Waals surface area contributed by atoms with Crippen LogP contribution in [0.2, 0.25) is 0 Å². The van der Waals surface area contributed by atoms with Crippen molar-refractivity contribution in [1.82, 2.24) is 5.32 Å². The molecule has 0 saturated heterocycles. The second-order valence-corrected chi connectivity index (χ2v) is 7.03. The standard InChI is InChI=1S/C19H29NO/c1-21-18-8-4-16(5-9-18)10-13-19(11-2-3-12-19)14-15-20-17-6-7-17/h4-5,8-9,17,20H,2-3,6-7,10-15H2,1H3. The first kappa shape index (κ1) is 14.9. The van der Waals surface area contributed by atoms with E-state index < -0.39 is 0 Å². The van der Waals surface area contributed by atoms with Gasteiger partial charge in [0.2, 0.25) is 0 Å². The maximum Gasteiger partial charge on any atom is 0.118 e. The van der Waals surface area contributed by atoms with Gasteiger partial charge in [-0.1, -0.05) is 25.0 Å². The number of hydrogen-bond acceptors (Lipinski definition) is 2. The molecule has 1 aromatic rings. The number of methoxy groups -OCH3 is 1. The molecule has 1 aromatic carbocycles. The minimum absolute atomic E-state index is 0.613. The molecule has 0 unspecified atom stereocenters. The van der Waals surface area contributed by atoms with E-state index in [1.165, 1.54) is 69.9 Å². The summed E-state index contributed by atoms with van der Waals surface area (Å²) in [5, 5.41) is 3.70. The number of aryl methyl sites for hydroxylation is 1. The number of rotatable bonds is 8. The Hall–Kier alpha value is -1.02. The molecule has 0 heterocycles. The molecule has 2 aliphatic carbocycles. The van der Waals surface area contributed by atoms with Crippen molar-refractivity contribution in [1.29, 1.82) is 0 Å². The molecule has 0 amide bonds. The van der Waals surface area contributed by atoms with Crippen LogP contribution in [0.5, 0.6) is 5.75 Å². The molecule has 2 saturated carbocycles. The molecule has 2 aliphatic rings. The molecule has 0 aromatic heterocycles. The minimum atomic E-state index is 0.613. The number of benzene rings is 1. The summed E-state index contributed by atoms with van der Waals surface area (Å²) in [5.74, 6) is 0.961. The highest BCUT2D eigenvalue weighted by atomic mass is 16.5. The van der Waals surface area contributed by atoms with Crippen LogP contribution in [0.25, 0.3) is 0 Å². The molecular weight excluding hydrogens is 258 g/mol. The third kappa shape index (κ3) is 4.23. The van der Waals surface area contributed by atoms with Gasteiger partial charge < -0.3 is 10.1 Å². The molecule has 116 valence electrons. The van der Waals surface area contributed by atoms with Crippen molar-refractivity contribution >= 4 is 0 Å². The van der Waals surface area contributed by atoms with Crippen molar-refractivity contribution in [3.05, 3.63) is 29.8 Å². The quantitative estimate of drug-likeness (QED) is 0.768. The van der Waals surface area contributed by atoms with Gasteiger partial charge in [-0.25, -0.2) is 0 Å². The summed E-state index contributed by atoms with van der Waals surface area (Å²) in [6.07, 6.45) is 12.5. The minimum Gasteiger partial charge on any atom is -0.497 e. The van der Waals surface area contributed by atoms with E-state index in [1.807, 2.05) is 0 Å². The Balaban J connectivity index is 1.51. The molecule has 21 heavy (non-hydrogen) atoms. The average Bonchev–Trinajstić information content (AvgIpc) is 3.23. The molecule has 2 nitrogen and oxygen atoms in total. The monoisotopic (exact) mass is 287 g/mol. The highest BCUT2D eigenvalue weighted by Crippen LogP contribution is 2.44. The Kier molecular flexibility index (Phi) is 4.84. The summed E-state index contributed by atoms with van der Waals surface area (Å²) in [4.78, 5) is 0. The fourth-order valence-corrected chi connectivity index (χ4v) is 3.78. The first-order valence-corrected chi connectivity index (χ1v) is 8.66. The van der Waals surface area contributed by atoms with Crippen LogP contribution in [0, 0.1) is 5.41 Å². The second kappa shape index (κ2) is 6.83. The molecule has 0 bridgehead atoms. The summed E-state index contributed by atoms with van der Waals surface area (Å²) >= 11 is 0. The van der Waals surface area contributed by atoms with Crippen LogP contribution < -0.4 is 10.1 Å². The highest BCUT2D eigenvalue weighted by Gasteiger charge is 2.33. The van der Waals surface area contributed by atoms with Crippen LogP contribution in [0.1, 0.15) is 56.9 Å². The van der Waals surface area contributed by atoms with E-state index in [-0.39, 0.29) is 0 Å². The van der Waals surface area contributed by atoms with Gasteiger partial charge in [-0.05, 0) is 74.6 Å². The van der Waals surface area contributed by atoms with Crippen LogP contribution in [-0.2, 0) is 6.42 Å². The van der Waals surface area contributed by atoms with E-state index in [0.717, 1.165) is 11.8 Å². The normalized spacial score (nSPS) is 20.6. The average molecular weight is 287 g/mol. The van der Waals surface area contributed by atoms with Gasteiger partial charge >= 0.3 is 0 Å². The zero-order chi connectivity index (χ0) is 14.5. The molecule has 0 radical (unpaired) electrons. The SMILES string of the molecule is COc1ccc(CCC2(CCNC3CC3)CCCC2)cc1. The predicted molar refractivity (Wildman–Crippen MR) is 87.9 cm³/mol. The zero-order valence-corrected chi connectivity index (χ0v) is 13.4. The lowest BCUT2D eigenvalue weighted by Crippen LogP contribution is -2.26. The first-order chi connectivity index (χ1) is 10.3. The van der Waals surface area contributed by atoms with Gasteiger partial charge in [0.1, 0.15) is 5.75 Å². The van der Waals surface area contributed by atoms with Crippen LogP contribution >= 0.6 is 0 Å². The van der Waals surface area contributed by atoms with Gasteiger partial charge in [0.15, 0.2) is 0 Å². The zero-order valence-electron chi connectivity index (χ0n) is 13.4. The summed E-state index contributed by atoms with van der Waals surface area (Å²) in [7, 11) is 1.73. The Morgan fingerprint density at radius 1 is 1.10 bits per heavy atom. The van der Waals surface area contributed by atoms with Gasteiger partial charge in [0.25, 0.3) is 0 Å². The van der Waals surface area contributed by atoms with E-state index in [1.54, 1.807) is 7.11 Å². The Morgan fingerprint density at radius 2 is 1.81 bits per heavy atom. The van der Waals surface area contributed by atoms with E-state index in [4.69, 9.17) is 4.74 Å². The van der Waals surface area contributed by atoms with Gasteiger partial charge in [-0.15, -0.1) is 0 Å². The molecule has 2 fully saturated rings. The van der Waals surface area contributed by atoms with E-state index >= 15 is 0 Å². The number of nitrogens with one attached hydrogen (secondary N) is 1. The van der Waals surface area contributed by atoms with Gasteiger partial charge in [-0.3, -0.25) is 0 Å². The maximum atomic E-state index is 5.24. The highest BCUT2D eigenvalue weighted by molar-refractivity contribution is 5.27. The van der Waals surface area contributed by atoms with Gasteiger partial charge in [-0.2, -0.15) is 0 Å². The topological polar surface area (TPSA) is 21.3 Å². The van der Waals surface area contributed by atoms with Crippen LogP contribution in [0.15, 0.2) is 24.3 Å². The van der Waals surface area contributed by atoms with Crippen molar-refractivity contribution in [2.45, 2.75) is 63.8 Å². The molecule has 0 spiro atoms. The Morgan fingerprint density at radius 3 is 2.43 bits per heavy atom. The Bertz CT molecular complexity index is 429. The fourth-order valence-electron chi connectivity index (χ4n) is 3.78. The van der Waals surface area contributed by atoms with Crippen LogP contribution in [0.4, 0.5) is 0 Å². The molecule has 2 heteroatoms. The molecular formula is C19H29NO. The third-order valence-electron chi connectivity index (χ3n) is 5.43. The van der Waals surface area contributed by atoms with E-state index in [0.29, 0.717) is 5.41 Å². The van der Waals surface area contributed by atoms with E-state index in [2.05, 4.69) is 29.6 Å². The summed E-state index contributed by atoms with van der Waals surface area (Å²) in [6, 6.07) is 9.48. The molecule has 0 aliphatic heterocycles. The predicted octanol–water partition coefficient (Wildman–Crippen LogP) is 4.33. The lowest BCUT2D eigenvalue weighted by atomic mass is 9.77. The van der Waals surface area contributed by atoms with Crippen molar-refractivity contribution in [2.24, 2.45) is 5.41 Å². The lowest BCUT2D eigenvalue weighted by molar-refractivity contribution is 0.245. The third-order valence-corrected chi connectivity index (χ3v) is 5.43.